The molecule has 112 valence electrons. The Morgan fingerprint density at radius 3 is 2.90 bits per heavy atom. The Morgan fingerprint density at radius 2 is 2.05 bits per heavy atom. The molecule has 0 radical (unpaired) electrons. The van der Waals surface area contributed by atoms with Crippen molar-refractivity contribution in [3.63, 3.8) is 0 Å². The molecule has 1 fully saturated rings. The van der Waals surface area contributed by atoms with E-state index in [2.05, 4.69) is 14.9 Å². The maximum Gasteiger partial charge on any atom is 0.145 e. The van der Waals surface area contributed by atoms with E-state index in [0.29, 0.717) is 12.4 Å². The topological polar surface area (TPSA) is 75.3 Å². The average Bonchev–Trinajstić information content (AvgIpc) is 2.60. The molecule has 0 aliphatic carbocycles. The number of nitrogens with zero attached hydrogens (tertiary/aromatic N) is 3. The largest absolute Gasteiger partial charge is 0.390 e. The highest BCUT2D eigenvalue weighted by molar-refractivity contribution is 5.87. The van der Waals surface area contributed by atoms with Gasteiger partial charge in [-0.25, -0.2) is 9.97 Å². The highest BCUT2D eigenvalue weighted by Gasteiger charge is 2.25. The smallest absolute Gasteiger partial charge is 0.145 e. The first-order chi connectivity index (χ1) is 10.0. The third kappa shape index (κ3) is 3.31. The molecule has 1 unspecified atom stereocenters. The van der Waals surface area contributed by atoms with Gasteiger partial charge in [0.25, 0.3) is 0 Å². The molecule has 3 N–H and O–H groups in total. The number of fused-ring (bicyclic) bond motifs is 1. The van der Waals surface area contributed by atoms with Crippen LogP contribution in [0.2, 0.25) is 0 Å². The summed E-state index contributed by atoms with van der Waals surface area (Å²) < 4.78 is 0. The second-order valence-electron chi connectivity index (χ2n) is 6.17. The number of nitrogens with two attached hydrogens (primary N) is 1. The molecule has 3 rings (SSSR count). The van der Waals surface area contributed by atoms with Gasteiger partial charge in [0.1, 0.15) is 11.6 Å². The summed E-state index contributed by atoms with van der Waals surface area (Å²) >= 11 is 0. The minimum Gasteiger partial charge on any atom is -0.390 e. The van der Waals surface area contributed by atoms with Crippen LogP contribution in [0, 0.1) is 0 Å². The summed E-state index contributed by atoms with van der Waals surface area (Å²) in [7, 11) is 0. The van der Waals surface area contributed by atoms with Crippen molar-refractivity contribution < 1.29 is 5.11 Å². The number of likely N-dealkylation sites (tertiary alicyclic amines) is 1. The number of nitrogen functional groups attached to an aromatic ring is 1. The predicted octanol–water partition coefficient (Wildman–Crippen LogP) is 1.95. The fourth-order valence-electron chi connectivity index (χ4n) is 2.90. The van der Waals surface area contributed by atoms with Crippen LogP contribution >= 0.6 is 0 Å². The summed E-state index contributed by atoms with van der Waals surface area (Å²) in [5, 5.41) is 11.0. The van der Waals surface area contributed by atoms with Crippen molar-refractivity contribution in [1.29, 1.82) is 0 Å². The lowest BCUT2D eigenvalue weighted by molar-refractivity contribution is 0.0443. The van der Waals surface area contributed by atoms with Gasteiger partial charge in [-0.1, -0.05) is 12.1 Å². The number of aromatic nitrogens is 2. The van der Waals surface area contributed by atoms with Gasteiger partial charge in [0.15, 0.2) is 0 Å². The highest BCUT2D eigenvalue weighted by Crippen LogP contribution is 2.23. The minimum atomic E-state index is -0.544. The van der Waals surface area contributed by atoms with E-state index in [1.54, 1.807) is 0 Å². The zero-order chi connectivity index (χ0) is 14.9. The fraction of sp³-hybridized carbons (Fsp3) is 0.500. The first-order valence-corrected chi connectivity index (χ1v) is 7.49. The van der Waals surface area contributed by atoms with E-state index in [-0.39, 0.29) is 0 Å². The molecule has 0 spiro atoms. The van der Waals surface area contributed by atoms with Crippen LogP contribution in [0.25, 0.3) is 10.9 Å². The Bertz CT molecular complexity index is 641. The molecular weight excluding hydrogens is 264 g/mol. The number of hydrogen-bond acceptors (Lipinski definition) is 5. The molecule has 2 aromatic rings. The zero-order valence-corrected chi connectivity index (χ0v) is 12.4. The molecule has 1 aliphatic heterocycles. The van der Waals surface area contributed by atoms with Crippen LogP contribution in [0.5, 0.6) is 0 Å². The number of rotatable bonds is 2. The van der Waals surface area contributed by atoms with Crippen LogP contribution in [-0.4, -0.2) is 38.7 Å². The Labute approximate surface area is 124 Å². The van der Waals surface area contributed by atoms with E-state index in [9.17, 15) is 5.11 Å². The minimum absolute atomic E-state index is 0.539. The van der Waals surface area contributed by atoms with E-state index in [0.717, 1.165) is 49.1 Å². The van der Waals surface area contributed by atoms with E-state index in [4.69, 9.17) is 5.73 Å². The van der Waals surface area contributed by atoms with Crippen molar-refractivity contribution in [2.45, 2.75) is 38.3 Å². The number of aliphatic hydroxyl groups is 1. The molecule has 2 heterocycles. The molecule has 1 atom stereocenters. The fourth-order valence-corrected chi connectivity index (χ4v) is 2.90. The monoisotopic (exact) mass is 286 g/mol. The van der Waals surface area contributed by atoms with Crippen molar-refractivity contribution in [2.24, 2.45) is 0 Å². The molecule has 0 saturated carbocycles. The van der Waals surface area contributed by atoms with Gasteiger partial charge >= 0.3 is 0 Å². The average molecular weight is 286 g/mol. The van der Waals surface area contributed by atoms with Crippen LogP contribution in [0.3, 0.4) is 0 Å². The van der Waals surface area contributed by atoms with Gasteiger partial charge in [-0.05, 0) is 44.9 Å². The second-order valence-corrected chi connectivity index (χ2v) is 6.17. The van der Waals surface area contributed by atoms with E-state index in [1.807, 2.05) is 31.2 Å². The zero-order valence-electron chi connectivity index (χ0n) is 12.4. The standard InChI is InChI=1S/C16H22N4O/c1-16(21)7-4-9-20(10-8-16)11-14-18-13-6-3-2-5-12(13)15(17)19-14/h2-3,5-6,21H,4,7-11H2,1H3,(H2,17,18,19). The maximum absolute atomic E-state index is 10.1. The molecule has 5 nitrogen and oxygen atoms in total. The molecule has 1 aliphatic rings. The number of hydrogen-bond donors (Lipinski definition) is 2. The van der Waals surface area contributed by atoms with E-state index in [1.165, 1.54) is 0 Å². The normalized spacial score (nSPS) is 24.1. The molecular formula is C16H22N4O. The van der Waals surface area contributed by atoms with Gasteiger partial charge in [-0.2, -0.15) is 0 Å². The molecule has 1 saturated heterocycles. The maximum atomic E-state index is 10.1. The van der Waals surface area contributed by atoms with Crippen LogP contribution < -0.4 is 5.73 Å². The number of anilines is 1. The van der Waals surface area contributed by atoms with E-state index < -0.39 is 5.60 Å². The number of para-hydroxylation sites is 1. The second kappa shape index (κ2) is 5.58. The van der Waals surface area contributed by atoms with Crippen molar-refractivity contribution in [1.82, 2.24) is 14.9 Å². The summed E-state index contributed by atoms with van der Waals surface area (Å²) in [6.07, 6.45) is 2.64. The van der Waals surface area contributed by atoms with Gasteiger partial charge in [0, 0.05) is 11.9 Å². The van der Waals surface area contributed by atoms with Crippen molar-refractivity contribution >= 4 is 16.7 Å². The summed E-state index contributed by atoms with van der Waals surface area (Å²) in [6, 6.07) is 7.81. The van der Waals surface area contributed by atoms with Crippen LogP contribution in [0.1, 0.15) is 32.0 Å². The SMILES string of the molecule is CC1(O)CCCN(Cc2nc(N)c3ccccc3n2)CC1. The van der Waals surface area contributed by atoms with Crippen LogP contribution in [0.15, 0.2) is 24.3 Å². The van der Waals surface area contributed by atoms with Gasteiger partial charge in [-0.3, -0.25) is 4.90 Å². The first-order valence-electron chi connectivity index (χ1n) is 7.49. The summed E-state index contributed by atoms with van der Waals surface area (Å²) in [4.78, 5) is 11.3. The van der Waals surface area contributed by atoms with Gasteiger partial charge < -0.3 is 10.8 Å². The quantitative estimate of drug-likeness (QED) is 0.882. The molecule has 21 heavy (non-hydrogen) atoms. The Hall–Kier alpha value is -1.72. The lowest BCUT2D eigenvalue weighted by Gasteiger charge is -2.22. The molecule has 1 aromatic carbocycles. The molecule has 0 amide bonds. The summed E-state index contributed by atoms with van der Waals surface area (Å²) in [5.41, 5.74) is 6.37. The first kappa shape index (κ1) is 14.2. The Kier molecular flexibility index (Phi) is 3.78. The van der Waals surface area contributed by atoms with Crippen LogP contribution in [0.4, 0.5) is 5.82 Å². The predicted molar refractivity (Wildman–Crippen MR) is 83.7 cm³/mol. The van der Waals surface area contributed by atoms with Gasteiger partial charge in [-0.15, -0.1) is 0 Å². The van der Waals surface area contributed by atoms with Crippen LogP contribution in [-0.2, 0) is 6.54 Å². The summed E-state index contributed by atoms with van der Waals surface area (Å²) in [5.74, 6) is 1.30. The lowest BCUT2D eigenvalue weighted by Crippen LogP contribution is -2.28. The van der Waals surface area contributed by atoms with Crippen molar-refractivity contribution in [3.8, 4) is 0 Å². The Morgan fingerprint density at radius 1 is 1.24 bits per heavy atom. The summed E-state index contributed by atoms with van der Waals surface area (Å²) in [6.45, 7) is 4.43. The van der Waals surface area contributed by atoms with E-state index >= 15 is 0 Å². The van der Waals surface area contributed by atoms with Gasteiger partial charge in [0.2, 0.25) is 0 Å². The lowest BCUT2D eigenvalue weighted by atomic mass is 9.98. The van der Waals surface area contributed by atoms with Crippen molar-refractivity contribution in [2.75, 3.05) is 18.8 Å². The molecule has 5 heteroatoms. The Balaban J connectivity index is 1.78. The highest BCUT2D eigenvalue weighted by atomic mass is 16.3. The number of benzene rings is 1. The van der Waals surface area contributed by atoms with Gasteiger partial charge in [0.05, 0.1) is 17.7 Å². The molecule has 0 bridgehead atoms. The van der Waals surface area contributed by atoms with Crippen molar-refractivity contribution in [3.05, 3.63) is 30.1 Å². The third-order valence-corrected chi connectivity index (χ3v) is 4.20. The molecule has 1 aromatic heterocycles. The third-order valence-electron chi connectivity index (χ3n) is 4.20.